The van der Waals surface area contributed by atoms with Crippen molar-refractivity contribution in [2.45, 2.75) is 46.2 Å². The zero-order valence-corrected chi connectivity index (χ0v) is 14.2. The van der Waals surface area contributed by atoms with Gasteiger partial charge < -0.3 is 15.1 Å². The molecule has 2 heterocycles. The first-order valence-electron chi connectivity index (χ1n) is 8.12. The van der Waals surface area contributed by atoms with Crippen LogP contribution in [0.15, 0.2) is 6.07 Å². The summed E-state index contributed by atoms with van der Waals surface area (Å²) in [4.78, 5) is 9.69. The fraction of sp³-hybridized carbons (Fsp3) is 0.706. The van der Waals surface area contributed by atoms with Crippen LogP contribution in [-0.2, 0) is 6.54 Å². The van der Waals surface area contributed by atoms with Crippen molar-refractivity contribution in [3.63, 3.8) is 0 Å². The van der Waals surface area contributed by atoms with Crippen molar-refractivity contribution in [3.05, 3.63) is 22.9 Å². The van der Waals surface area contributed by atoms with E-state index in [9.17, 15) is 0 Å². The summed E-state index contributed by atoms with van der Waals surface area (Å²) < 4.78 is 0. The van der Waals surface area contributed by atoms with E-state index in [-0.39, 0.29) is 0 Å². The second-order valence-corrected chi connectivity index (χ2v) is 6.33. The van der Waals surface area contributed by atoms with Gasteiger partial charge >= 0.3 is 0 Å². The van der Waals surface area contributed by atoms with E-state index in [0.717, 1.165) is 31.1 Å². The van der Waals surface area contributed by atoms with Gasteiger partial charge in [-0.15, -0.1) is 0 Å². The summed E-state index contributed by atoms with van der Waals surface area (Å²) in [5.41, 5.74) is 3.80. The van der Waals surface area contributed by atoms with Crippen LogP contribution in [0, 0.1) is 13.8 Å². The van der Waals surface area contributed by atoms with E-state index in [1.807, 2.05) is 0 Å². The van der Waals surface area contributed by atoms with Gasteiger partial charge in [0, 0.05) is 37.4 Å². The van der Waals surface area contributed by atoms with Gasteiger partial charge in [0.1, 0.15) is 5.82 Å². The Bertz CT molecular complexity index is 472. The van der Waals surface area contributed by atoms with Gasteiger partial charge in [-0.3, -0.25) is 0 Å². The first-order valence-corrected chi connectivity index (χ1v) is 8.12. The highest BCUT2D eigenvalue weighted by molar-refractivity contribution is 5.52. The summed E-state index contributed by atoms with van der Waals surface area (Å²) in [6.07, 6.45) is 2.54. The third-order valence-electron chi connectivity index (χ3n) is 4.49. The lowest BCUT2D eigenvalue weighted by atomic mass is 10.0. The van der Waals surface area contributed by atoms with Crippen LogP contribution in [0.5, 0.6) is 0 Å². The number of likely N-dealkylation sites (tertiary alicyclic amines) is 1. The number of nitrogens with zero attached hydrogens (tertiary/aromatic N) is 3. The van der Waals surface area contributed by atoms with Gasteiger partial charge in [0.25, 0.3) is 0 Å². The van der Waals surface area contributed by atoms with Crippen molar-refractivity contribution in [2.24, 2.45) is 0 Å². The number of likely N-dealkylation sites (N-methyl/N-ethyl adjacent to an activating group) is 2. The van der Waals surface area contributed by atoms with Crippen molar-refractivity contribution in [1.29, 1.82) is 0 Å². The lowest BCUT2D eigenvalue weighted by Crippen LogP contribution is -2.45. The number of pyridine rings is 1. The SMILES string of the molecule is CCNCc1c(C)cc(C)nc1N(C)C1CCCN(C)C1. The number of rotatable bonds is 5. The minimum Gasteiger partial charge on any atom is -0.355 e. The predicted octanol–water partition coefficient (Wildman–Crippen LogP) is 2.34. The number of hydrogen-bond donors (Lipinski definition) is 1. The lowest BCUT2D eigenvalue weighted by molar-refractivity contribution is 0.247. The van der Waals surface area contributed by atoms with E-state index in [1.54, 1.807) is 0 Å². The smallest absolute Gasteiger partial charge is 0.133 e. The van der Waals surface area contributed by atoms with Gasteiger partial charge in [-0.25, -0.2) is 4.98 Å². The molecule has 1 saturated heterocycles. The molecule has 1 fully saturated rings. The minimum atomic E-state index is 0.567. The molecule has 21 heavy (non-hydrogen) atoms. The molecule has 1 aromatic heterocycles. The fourth-order valence-corrected chi connectivity index (χ4v) is 3.23. The maximum Gasteiger partial charge on any atom is 0.133 e. The molecule has 0 bridgehead atoms. The molecule has 0 aliphatic carbocycles. The molecule has 0 aromatic carbocycles. The van der Waals surface area contributed by atoms with Crippen molar-refractivity contribution in [1.82, 2.24) is 15.2 Å². The second-order valence-electron chi connectivity index (χ2n) is 6.33. The average Bonchev–Trinajstić information content (AvgIpc) is 2.45. The number of aromatic nitrogens is 1. The van der Waals surface area contributed by atoms with Crippen molar-refractivity contribution in [3.8, 4) is 0 Å². The van der Waals surface area contributed by atoms with Gasteiger partial charge in [-0.1, -0.05) is 6.92 Å². The topological polar surface area (TPSA) is 31.4 Å². The minimum absolute atomic E-state index is 0.567. The fourth-order valence-electron chi connectivity index (χ4n) is 3.23. The van der Waals surface area contributed by atoms with Gasteiger partial charge in [-0.05, 0) is 58.5 Å². The summed E-state index contributed by atoms with van der Waals surface area (Å²) in [5.74, 6) is 1.16. The zero-order chi connectivity index (χ0) is 15.4. The Kier molecular flexibility index (Phi) is 5.59. The molecule has 1 aliphatic heterocycles. The first kappa shape index (κ1) is 16.2. The Morgan fingerprint density at radius 3 is 2.86 bits per heavy atom. The van der Waals surface area contributed by atoms with E-state index in [2.05, 4.69) is 56.0 Å². The summed E-state index contributed by atoms with van der Waals surface area (Å²) in [6, 6.07) is 2.76. The number of anilines is 1. The Morgan fingerprint density at radius 1 is 1.43 bits per heavy atom. The van der Waals surface area contributed by atoms with Crippen LogP contribution < -0.4 is 10.2 Å². The van der Waals surface area contributed by atoms with E-state index in [4.69, 9.17) is 4.98 Å². The Morgan fingerprint density at radius 2 is 2.19 bits per heavy atom. The van der Waals surface area contributed by atoms with E-state index in [0.29, 0.717) is 6.04 Å². The Balaban J connectivity index is 2.27. The van der Waals surface area contributed by atoms with Crippen LogP contribution in [0.25, 0.3) is 0 Å². The van der Waals surface area contributed by atoms with Crippen LogP contribution in [-0.4, -0.2) is 49.7 Å². The predicted molar refractivity (Wildman–Crippen MR) is 90.0 cm³/mol. The third kappa shape index (κ3) is 3.95. The number of hydrogen-bond acceptors (Lipinski definition) is 4. The molecule has 4 heteroatoms. The molecule has 118 valence electrons. The normalized spacial score (nSPS) is 19.8. The summed E-state index contributed by atoms with van der Waals surface area (Å²) in [6.45, 7) is 10.7. The quantitative estimate of drug-likeness (QED) is 0.902. The highest BCUT2D eigenvalue weighted by Crippen LogP contribution is 2.26. The van der Waals surface area contributed by atoms with Gasteiger partial charge in [0.05, 0.1) is 0 Å². The highest BCUT2D eigenvalue weighted by Gasteiger charge is 2.24. The standard InChI is InChI=1S/C17H30N4/c1-6-18-11-16-13(2)10-14(3)19-17(16)21(5)15-8-7-9-20(4)12-15/h10,15,18H,6-9,11-12H2,1-5H3. The number of nitrogens with one attached hydrogen (secondary N) is 1. The Hall–Kier alpha value is -1.13. The summed E-state index contributed by atoms with van der Waals surface area (Å²) in [7, 11) is 4.43. The molecule has 4 nitrogen and oxygen atoms in total. The second kappa shape index (κ2) is 7.23. The highest BCUT2D eigenvalue weighted by atomic mass is 15.2. The van der Waals surface area contributed by atoms with Crippen molar-refractivity contribution < 1.29 is 0 Å². The number of piperidine rings is 1. The van der Waals surface area contributed by atoms with Crippen LogP contribution in [0.3, 0.4) is 0 Å². The molecular formula is C17H30N4. The molecule has 1 unspecified atom stereocenters. The molecule has 1 atom stereocenters. The van der Waals surface area contributed by atoms with Crippen molar-refractivity contribution in [2.75, 3.05) is 38.6 Å². The lowest BCUT2D eigenvalue weighted by Gasteiger charge is -2.37. The monoisotopic (exact) mass is 290 g/mol. The summed E-state index contributed by atoms with van der Waals surface area (Å²) >= 11 is 0. The third-order valence-corrected chi connectivity index (χ3v) is 4.49. The maximum atomic E-state index is 4.85. The number of aryl methyl sites for hydroxylation is 2. The average molecular weight is 290 g/mol. The van der Waals surface area contributed by atoms with E-state index in [1.165, 1.54) is 30.5 Å². The summed E-state index contributed by atoms with van der Waals surface area (Å²) in [5, 5.41) is 3.45. The molecule has 0 radical (unpaired) electrons. The molecule has 2 rings (SSSR count). The first-order chi connectivity index (χ1) is 10.0. The van der Waals surface area contributed by atoms with Crippen LogP contribution in [0.4, 0.5) is 5.82 Å². The zero-order valence-electron chi connectivity index (χ0n) is 14.2. The Labute approximate surface area is 129 Å². The van der Waals surface area contributed by atoms with Gasteiger partial charge in [0.15, 0.2) is 0 Å². The molecule has 1 aliphatic rings. The van der Waals surface area contributed by atoms with E-state index < -0.39 is 0 Å². The van der Waals surface area contributed by atoms with Gasteiger partial charge in [-0.2, -0.15) is 0 Å². The van der Waals surface area contributed by atoms with Crippen LogP contribution >= 0.6 is 0 Å². The molecular weight excluding hydrogens is 260 g/mol. The van der Waals surface area contributed by atoms with Crippen LogP contribution in [0.1, 0.15) is 36.6 Å². The van der Waals surface area contributed by atoms with Crippen LogP contribution in [0.2, 0.25) is 0 Å². The van der Waals surface area contributed by atoms with E-state index >= 15 is 0 Å². The molecule has 0 spiro atoms. The molecule has 1 N–H and O–H groups in total. The largest absolute Gasteiger partial charge is 0.355 e. The maximum absolute atomic E-state index is 4.85. The molecule has 0 amide bonds. The molecule has 1 aromatic rings. The van der Waals surface area contributed by atoms with Crippen molar-refractivity contribution >= 4 is 5.82 Å². The molecule has 0 saturated carbocycles. The van der Waals surface area contributed by atoms with Gasteiger partial charge in [0.2, 0.25) is 0 Å².